The highest BCUT2D eigenvalue weighted by molar-refractivity contribution is 5.84. The Morgan fingerprint density at radius 2 is 1.86 bits per heavy atom. The van der Waals surface area contributed by atoms with Crippen LogP contribution < -0.4 is 10.1 Å². The third-order valence-corrected chi connectivity index (χ3v) is 7.92. The lowest BCUT2D eigenvalue weighted by atomic mass is 9.80. The van der Waals surface area contributed by atoms with Crippen LogP contribution >= 0.6 is 0 Å². The molecule has 0 bridgehead atoms. The second-order valence-corrected chi connectivity index (χ2v) is 11.1. The SMILES string of the molecule is Cc1cc(C2CCN(C3CCNCC3)[C@H](CC(C)C)C2)cc2[nH]c(-c3ccccc3OC(F)(F)F)nc12. The van der Waals surface area contributed by atoms with Gasteiger partial charge in [-0.1, -0.05) is 32.0 Å². The number of hydrogen-bond donors (Lipinski definition) is 2. The molecule has 200 valence electrons. The van der Waals surface area contributed by atoms with E-state index in [1.807, 2.05) is 6.92 Å². The van der Waals surface area contributed by atoms with Crippen molar-refractivity contribution in [3.8, 4) is 17.1 Å². The Morgan fingerprint density at radius 3 is 2.59 bits per heavy atom. The van der Waals surface area contributed by atoms with Gasteiger partial charge >= 0.3 is 6.36 Å². The summed E-state index contributed by atoms with van der Waals surface area (Å²) in [7, 11) is 0. The van der Waals surface area contributed by atoms with Gasteiger partial charge in [0.15, 0.2) is 0 Å². The van der Waals surface area contributed by atoms with Crippen LogP contribution in [-0.4, -0.2) is 52.9 Å². The molecule has 1 aromatic heterocycles. The van der Waals surface area contributed by atoms with Crippen molar-refractivity contribution in [1.82, 2.24) is 20.2 Å². The number of piperidine rings is 2. The summed E-state index contributed by atoms with van der Waals surface area (Å²) >= 11 is 0. The van der Waals surface area contributed by atoms with E-state index in [9.17, 15) is 13.2 Å². The number of halogens is 3. The molecule has 2 aliphatic heterocycles. The molecule has 2 N–H and O–H groups in total. The molecule has 2 aliphatic rings. The monoisotopic (exact) mass is 514 g/mol. The number of para-hydroxylation sites is 1. The summed E-state index contributed by atoms with van der Waals surface area (Å²) in [6.45, 7) is 9.98. The Labute approximate surface area is 216 Å². The molecule has 0 amide bonds. The van der Waals surface area contributed by atoms with Crippen molar-refractivity contribution in [1.29, 1.82) is 0 Å². The van der Waals surface area contributed by atoms with E-state index in [1.54, 1.807) is 12.1 Å². The maximum absolute atomic E-state index is 13.0. The van der Waals surface area contributed by atoms with Crippen molar-refractivity contribution in [3.63, 3.8) is 0 Å². The predicted octanol–water partition coefficient (Wildman–Crippen LogP) is 6.78. The largest absolute Gasteiger partial charge is 0.573 e. The van der Waals surface area contributed by atoms with Gasteiger partial charge in [-0.05, 0) is 99.8 Å². The number of H-pyrrole nitrogens is 1. The molecule has 37 heavy (non-hydrogen) atoms. The third-order valence-electron chi connectivity index (χ3n) is 7.92. The molecule has 5 nitrogen and oxygen atoms in total. The lowest BCUT2D eigenvalue weighted by molar-refractivity contribution is -0.274. The van der Waals surface area contributed by atoms with Crippen molar-refractivity contribution in [2.45, 2.75) is 77.2 Å². The van der Waals surface area contributed by atoms with E-state index in [2.05, 4.69) is 50.9 Å². The van der Waals surface area contributed by atoms with Crippen LogP contribution in [0.4, 0.5) is 13.2 Å². The first-order valence-corrected chi connectivity index (χ1v) is 13.5. The standard InChI is InChI=1S/C29H37F3N4O/c1-18(2)14-23-16-20(10-13-36(23)22-8-11-33-12-9-22)21-15-19(3)27-25(17-21)34-28(35-27)24-6-4-5-7-26(24)37-29(30,31)32/h4-7,15,17-18,20,22-23,33H,8-14,16H2,1-3H3,(H,34,35)/t20?,23-/m1/s1. The third kappa shape index (κ3) is 5.96. The summed E-state index contributed by atoms with van der Waals surface area (Å²) in [6.07, 6.45) is 1.14. The maximum atomic E-state index is 13.0. The molecule has 8 heteroatoms. The smallest absolute Gasteiger partial charge is 0.405 e. The van der Waals surface area contributed by atoms with E-state index >= 15 is 0 Å². The fraction of sp³-hybridized carbons (Fsp3) is 0.552. The zero-order valence-corrected chi connectivity index (χ0v) is 21.9. The molecule has 0 spiro atoms. The summed E-state index contributed by atoms with van der Waals surface area (Å²) in [6, 6.07) is 11.8. The molecule has 2 fully saturated rings. The minimum atomic E-state index is -4.76. The predicted molar refractivity (Wildman–Crippen MR) is 141 cm³/mol. The van der Waals surface area contributed by atoms with E-state index in [0.717, 1.165) is 49.1 Å². The van der Waals surface area contributed by atoms with Crippen LogP contribution in [0.25, 0.3) is 22.4 Å². The first-order chi connectivity index (χ1) is 17.7. The second-order valence-electron chi connectivity index (χ2n) is 11.1. The van der Waals surface area contributed by atoms with Crippen LogP contribution in [0.5, 0.6) is 5.75 Å². The minimum absolute atomic E-state index is 0.256. The average Bonchev–Trinajstić information content (AvgIpc) is 3.28. The average molecular weight is 515 g/mol. The Kier molecular flexibility index (Phi) is 7.50. The summed E-state index contributed by atoms with van der Waals surface area (Å²) in [4.78, 5) is 10.7. The second kappa shape index (κ2) is 10.7. The number of alkyl halides is 3. The van der Waals surface area contributed by atoms with Crippen molar-refractivity contribution in [3.05, 3.63) is 47.5 Å². The lowest BCUT2D eigenvalue weighted by Crippen LogP contribution is -2.51. The summed E-state index contributed by atoms with van der Waals surface area (Å²) in [5, 5.41) is 3.50. The number of rotatable bonds is 6. The highest BCUT2D eigenvalue weighted by Crippen LogP contribution is 2.39. The van der Waals surface area contributed by atoms with Gasteiger partial charge < -0.3 is 15.0 Å². The molecule has 3 aromatic rings. The first kappa shape index (κ1) is 26.0. The zero-order valence-electron chi connectivity index (χ0n) is 21.9. The van der Waals surface area contributed by atoms with Gasteiger partial charge in [0, 0.05) is 12.1 Å². The number of benzene rings is 2. The molecule has 0 saturated carbocycles. The quantitative estimate of drug-likeness (QED) is 0.381. The Bertz CT molecular complexity index is 1220. The number of aromatic amines is 1. The zero-order chi connectivity index (χ0) is 26.2. The van der Waals surface area contributed by atoms with Crippen molar-refractivity contribution in [2.24, 2.45) is 5.92 Å². The van der Waals surface area contributed by atoms with Gasteiger partial charge in [-0.15, -0.1) is 13.2 Å². The van der Waals surface area contributed by atoms with E-state index < -0.39 is 6.36 Å². The van der Waals surface area contributed by atoms with E-state index in [1.165, 1.54) is 37.0 Å². The molecular weight excluding hydrogens is 477 g/mol. The normalized spacial score (nSPS) is 22.1. The van der Waals surface area contributed by atoms with Gasteiger partial charge in [-0.25, -0.2) is 4.98 Å². The molecule has 0 radical (unpaired) electrons. The Morgan fingerprint density at radius 1 is 1.11 bits per heavy atom. The molecule has 5 rings (SSSR count). The fourth-order valence-electron chi connectivity index (χ4n) is 6.32. The molecule has 0 aliphatic carbocycles. The number of aromatic nitrogens is 2. The van der Waals surface area contributed by atoms with Gasteiger partial charge in [0.2, 0.25) is 0 Å². The van der Waals surface area contributed by atoms with Gasteiger partial charge in [0.1, 0.15) is 11.6 Å². The number of nitrogens with zero attached hydrogens (tertiary/aromatic N) is 2. The van der Waals surface area contributed by atoms with Crippen LogP contribution in [0.3, 0.4) is 0 Å². The van der Waals surface area contributed by atoms with Gasteiger partial charge in [-0.3, -0.25) is 4.90 Å². The number of imidazole rings is 1. The van der Waals surface area contributed by atoms with Crippen LogP contribution in [0.1, 0.15) is 63.0 Å². The topological polar surface area (TPSA) is 53.2 Å². The highest BCUT2D eigenvalue weighted by atomic mass is 19.4. The number of fused-ring (bicyclic) bond motifs is 1. The summed E-state index contributed by atoms with van der Waals surface area (Å²) in [5.74, 6) is 1.23. The van der Waals surface area contributed by atoms with E-state index in [-0.39, 0.29) is 5.75 Å². The molecule has 2 saturated heterocycles. The van der Waals surface area contributed by atoms with Crippen LogP contribution in [0.2, 0.25) is 0 Å². The minimum Gasteiger partial charge on any atom is -0.405 e. The van der Waals surface area contributed by atoms with Gasteiger partial charge in [0.25, 0.3) is 0 Å². The van der Waals surface area contributed by atoms with Crippen molar-refractivity contribution < 1.29 is 17.9 Å². The Balaban J connectivity index is 1.42. The number of aryl methyl sites for hydroxylation is 1. The summed E-state index contributed by atoms with van der Waals surface area (Å²) in [5.41, 5.74) is 4.26. The Hall–Kier alpha value is -2.58. The number of ether oxygens (including phenoxy) is 1. The molecule has 2 aromatic carbocycles. The van der Waals surface area contributed by atoms with Gasteiger partial charge in [0.05, 0.1) is 16.6 Å². The molecular formula is C29H37F3N4O. The van der Waals surface area contributed by atoms with Crippen molar-refractivity contribution >= 4 is 11.0 Å². The molecule has 3 heterocycles. The maximum Gasteiger partial charge on any atom is 0.573 e. The van der Waals surface area contributed by atoms with Crippen molar-refractivity contribution in [2.75, 3.05) is 19.6 Å². The number of nitrogens with one attached hydrogen (secondary N) is 2. The number of likely N-dealkylation sites (tertiary alicyclic amines) is 1. The van der Waals surface area contributed by atoms with Crippen LogP contribution in [-0.2, 0) is 0 Å². The van der Waals surface area contributed by atoms with Crippen LogP contribution in [0, 0.1) is 12.8 Å². The van der Waals surface area contributed by atoms with Gasteiger partial charge in [-0.2, -0.15) is 0 Å². The number of hydrogen-bond acceptors (Lipinski definition) is 4. The van der Waals surface area contributed by atoms with E-state index in [0.29, 0.717) is 35.3 Å². The molecule has 2 atom stereocenters. The molecule has 1 unspecified atom stereocenters. The fourth-order valence-corrected chi connectivity index (χ4v) is 6.32. The summed E-state index contributed by atoms with van der Waals surface area (Å²) < 4.78 is 43.2. The van der Waals surface area contributed by atoms with Crippen LogP contribution in [0.15, 0.2) is 36.4 Å². The van der Waals surface area contributed by atoms with E-state index in [4.69, 9.17) is 0 Å². The lowest BCUT2D eigenvalue weighted by Gasteiger charge is -2.46. The highest BCUT2D eigenvalue weighted by Gasteiger charge is 2.35. The first-order valence-electron chi connectivity index (χ1n) is 13.5.